The molecule has 0 aliphatic carbocycles. The summed E-state index contributed by atoms with van der Waals surface area (Å²) in [5, 5.41) is 0. The number of carbonyl (C=O) groups is 1. The molecule has 0 bridgehead atoms. The van der Waals surface area contributed by atoms with Crippen LogP contribution in [0.3, 0.4) is 0 Å². The fourth-order valence-electron chi connectivity index (χ4n) is 2.02. The van der Waals surface area contributed by atoms with E-state index in [-0.39, 0.29) is 18.0 Å². The number of rotatable bonds is 7. The standard InChI is InChI=1S/C18H26O2/c1-3-5-7-9-11-12-14-16-17(20-18(16)19)15-13-10-8-6-4-2/h16-17H,3-11H2,1-2H3/t16-,17-/m0/s1. The SMILES string of the molecule is CCCCCC#C[C@@H]1OC(=O)[C@H]1C#CCCCCCC. The van der Waals surface area contributed by atoms with E-state index in [1.807, 2.05) is 0 Å². The van der Waals surface area contributed by atoms with Crippen LogP contribution >= 0.6 is 0 Å². The normalized spacial score (nSPS) is 20.0. The van der Waals surface area contributed by atoms with Gasteiger partial charge in [0.1, 0.15) is 0 Å². The van der Waals surface area contributed by atoms with Crippen molar-refractivity contribution < 1.29 is 9.53 Å². The lowest BCUT2D eigenvalue weighted by molar-refractivity contribution is -0.171. The van der Waals surface area contributed by atoms with E-state index in [0.717, 1.165) is 25.7 Å². The van der Waals surface area contributed by atoms with Crippen LogP contribution in [0.1, 0.15) is 71.6 Å². The van der Waals surface area contributed by atoms with Gasteiger partial charge in [0.25, 0.3) is 0 Å². The summed E-state index contributed by atoms with van der Waals surface area (Å²) < 4.78 is 5.04. The molecule has 0 aromatic heterocycles. The molecule has 1 rings (SSSR count). The fourth-order valence-corrected chi connectivity index (χ4v) is 2.02. The highest BCUT2D eigenvalue weighted by Crippen LogP contribution is 2.21. The van der Waals surface area contributed by atoms with E-state index < -0.39 is 0 Å². The van der Waals surface area contributed by atoms with Crippen molar-refractivity contribution in [3.8, 4) is 23.7 Å². The van der Waals surface area contributed by atoms with Gasteiger partial charge in [-0.1, -0.05) is 63.7 Å². The Bertz CT molecular complexity index is 403. The van der Waals surface area contributed by atoms with E-state index in [2.05, 4.69) is 37.5 Å². The maximum Gasteiger partial charge on any atom is 0.327 e. The molecule has 2 heteroatoms. The molecule has 1 saturated heterocycles. The van der Waals surface area contributed by atoms with Crippen LogP contribution in [0.5, 0.6) is 0 Å². The van der Waals surface area contributed by atoms with Crippen molar-refractivity contribution in [1.29, 1.82) is 0 Å². The van der Waals surface area contributed by atoms with Gasteiger partial charge in [0.05, 0.1) is 0 Å². The number of ether oxygens (including phenoxy) is 1. The van der Waals surface area contributed by atoms with E-state index in [9.17, 15) is 4.79 Å². The Kier molecular flexibility index (Phi) is 8.64. The molecule has 1 heterocycles. The molecule has 2 nitrogen and oxygen atoms in total. The third-order valence-electron chi connectivity index (χ3n) is 3.36. The maximum absolute atomic E-state index is 11.3. The zero-order valence-corrected chi connectivity index (χ0v) is 12.8. The maximum atomic E-state index is 11.3. The van der Waals surface area contributed by atoms with Gasteiger partial charge in [-0.3, -0.25) is 4.79 Å². The van der Waals surface area contributed by atoms with Crippen molar-refractivity contribution >= 4 is 5.97 Å². The highest BCUT2D eigenvalue weighted by molar-refractivity contribution is 5.83. The first-order valence-corrected chi connectivity index (χ1v) is 7.96. The molecule has 1 aliphatic rings. The molecule has 0 saturated carbocycles. The molecule has 0 radical (unpaired) electrons. The second-order valence-corrected chi connectivity index (χ2v) is 5.25. The van der Waals surface area contributed by atoms with Gasteiger partial charge in [0.2, 0.25) is 0 Å². The molecular weight excluding hydrogens is 248 g/mol. The van der Waals surface area contributed by atoms with Crippen LogP contribution in [-0.2, 0) is 9.53 Å². The van der Waals surface area contributed by atoms with Crippen LogP contribution in [-0.4, -0.2) is 12.1 Å². The van der Waals surface area contributed by atoms with Gasteiger partial charge >= 0.3 is 5.97 Å². The third kappa shape index (κ3) is 6.16. The Morgan fingerprint density at radius 2 is 1.50 bits per heavy atom. The second kappa shape index (κ2) is 10.4. The average Bonchev–Trinajstić information content (AvgIpc) is 2.45. The summed E-state index contributed by atoms with van der Waals surface area (Å²) in [6.07, 6.45) is 9.85. The van der Waals surface area contributed by atoms with Crippen LogP contribution < -0.4 is 0 Å². The number of unbranched alkanes of at least 4 members (excludes halogenated alkanes) is 7. The zero-order valence-electron chi connectivity index (χ0n) is 12.8. The molecule has 2 atom stereocenters. The first kappa shape index (κ1) is 16.6. The van der Waals surface area contributed by atoms with Crippen LogP contribution in [0.25, 0.3) is 0 Å². The minimum absolute atomic E-state index is 0.209. The number of esters is 1. The molecule has 1 aliphatic heterocycles. The Labute approximate surface area is 123 Å². The first-order valence-electron chi connectivity index (χ1n) is 7.96. The number of hydrogen-bond acceptors (Lipinski definition) is 2. The van der Waals surface area contributed by atoms with E-state index in [4.69, 9.17) is 4.74 Å². The second-order valence-electron chi connectivity index (χ2n) is 5.25. The number of hydrogen-bond donors (Lipinski definition) is 0. The Balaban J connectivity index is 2.25. The third-order valence-corrected chi connectivity index (χ3v) is 3.36. The molecule has 0 spiro atoms. The monoisotopic (exact) mass is 274 g/mol. The summed E-state index contributed by atoms with van der Waals surface area (Å²) in [6.45, 7) is 4.37. The highest BCUT2D eigenvalue weighted by atomic mass is 16.6. The quantitative estimate of drug-likeness (QED) is 0.397. The van der Waals surface area contributed by atoms with Gasteiger partial charge in [0, 0.05) is 12.8 Å². The molecule has 0 N–H and O–H groups in total. The molecule has 0 unspecified atom stereocenters. The summed E-state index contributed by atoms with van der Waals surface area (Å²) in [5.41, 5.74) is 0. The van der Waals surface area contributed by atoms with Gasteiger partial charge in [0.15, 0.2) is 12.0 Å². The van der Waals surface area contributed by atoms with Gasteiger partial charge in [-0.2, -0.15) is 0 Å². The van der Waals surface area contributed by atoms with E-state index in [1.165, 1.54) is 32.1 Å². The highest BCUT2D eigenvalue weighted by Gasteiger charge is 2.40. The Morgan fingerprint density at radius 1 is 0.900 bits per heavy atom. The number of carbonyl (C=O) groups excluding carboxylic acids is 1. The minimum atomic E-state index is -0.306. The van der Waals surface area contributed by atoms with Crippen molar-refractivity contribution in [3.63, 3.8) is 0 Å². The lowest BCUT2D eigenvalue weighted by Gasteiger charge is -2.27. The van der Waals surface area contributed by atoms with Gasteiger partial charge < -0.3 is 4.74 Å². The molecule has 0 amide bonds. The molecular formula is C18H26O2. The van der Waals surface area contributed by atoms with Crippen LogP contribution in [0, 0.1) is 29.6 Å². The van der Waals surface area contributed by atoms with E-state index in [1.54, 1.807) is 0 Å². The Morgan fingerprint density at radius 3 is 2.15 bits per heavy atom. The molecule has 1 fully saturated rings. The summed E-state index contributed by atoms with van der Waals surface area (Å²) in [4.78, 5) is 11.3. The lowest BCUT2D eigenvalue weighted by Crippen LogP contribution is -2.43. The van der Waals surface area contributed by atoms with Crippen molar-refractivity contribution in [2.75, 3.05) is 0 Å². The molecule has 20 heavy (non-hydrogen) atoms. The van der Waals surface area contributed by atoms with Crippen LogP contribution in [0.15, 0.2) is 0 Å². The fraction of sp³-hybridized carbons (Fsp3) is 0.722. The minimum Gasteiger partial charge on any atom is -0.446 e. The predicted molar refractivity (Wildman–Crippen MR) is 81.8 cm³/mol. The van der Waals surface area contributed by atoms with Crippen molar-refractivity contribution in [2.45, 2.75) is 77.7 Å². The van der Waals surface area contributed by atoms with Crippen molar-refractivity contribution in [2.24, 2.45) is 5.92 Å². The predicted octanol–water partition coefficient (Wildman–Crippen LogP) is 4.09. The summed E-state index contributed by atoms with van der Waals surface area (Å²) >= 11 is 0. The van der Waals surface area contributed by atoms with Gasteiger partial charge in [-0.15, -0.1) is 5.92 Å². The largest absolute Gasteiger partial charge is 0.446 e. The van der Waals surface area contributed by atoms with E-state index >= 15 is 0 Å². The zero-order chi connectivity index (χ0) is 14.6. The topological polar surface area (TPSA) is 26.3 Å². The average molecular weight is 274 g/mol. The molecule has 0 aromatic carbocycles. The summed E-state index contributed by atoms with van der Waals surface area (Å²) in [5.74, 6) is 11.7. The number of cyclic esters (lactones) is 1. The van der Waals surface area contributed by atoms with E-state index in [0.29, 0.717) is 0 Å². The van der Waals surface area contributed by atoms with Crippen LogP contribution in [0.4, 0.5) is 0 Å². The van der Waals surface area contributed by atoms with Gasteiger partial charge in [-0.05, 0) is 12.8 Å². The summed E-state index contributed by atoms with van der Waals surface area (Å²) in [6, 6.07) is 0. The Hall–Kier alpha value is -1.41. The first-order chi connectivity index (χ1) is 9.79. The molecule has 0 aromatic rings. The van der Waals surface area contributed by atoms with Gasteiger partial charge in [-0.25, -0.2) is 0 Å². The lowest BCUT2D eigenvalue weighted by atomic mass is 9.97. The van der Waals surface area contributed by atoms with Crippen molar-refractivity contribution in [3.05, 3.63) is 0 Å². The molecule has 110 valence electrons. The van der Waals surface area contributed by atoms with Crippen molar-refractivity contribution in [1.82, 2.24) is 0 Å². The van der Waals surface area contributed by atoms with Crippen LogP contribution in [0.2, 0.25) is 0 Å². The smallest absolute Gasteiger partial charge is 0.327 e. The summed E-state index contributed by atoms with van der Waals surface area (Å²) in [7, 11) is 0.